The summed E-state index contributed by atoms with van der Waals surface area (Å²) in [6.45, 7) is 4.75. The van der Waals surface area contributed by atoms with Crippen molar-refractivity contribution in [1.29, 1.82) is 0 Å². The zero-order valence-corrected chi connectivity index (χ0v) is 11.0. The van der Waals surface area contributed by atoms with Crippen LogP contribution in [0.1, 0.15) is 13.8 Å². The van der Waals surface area contributed by atoms with Crippen molar-refractivity contribution in [2.75, 3.05) is 19.5 Å². The predicted octanol–water partition coefficient (Wildman–Crippen LogP) is 3.22. The van der Waals surface area contributed by atoms with E-state index in [2.05, 4.69) is 38.1 Å². The van der Waals surface area contributed by atoms with Crippen LogP contribution in [0.4, 0.5) is 0 Å². The molecule has 0 aliphatic rings. The summed E-state index contributed by atoms with van der Waals surface area (Å²) in [6, 6.07) is 10.4. The molecule has 3 heteroatoms. The highest BCUT2D eigenvalue weighted by Gasteiger charge is 2.11. The lowest BCUT2D eigenvalue weighted by atomic mass is 10.4. The van der Waals surface area contributed by atoms with Crippen LogP contribution in [0.3, 0.4) is 0 Å². The molecule has 0 saturated carbocycles. The summed E-state index contributed by atoms with van der Waals surface area (Å²) in [5, 5.41) is 0. The third-order valence-electron chi connectivity index (χ3n) is 2.00. The van der Waals surface area contributed by atoms with E-state index < -0.39 is 0 Å². The minimum Gasteiger partial charge on any atom is -0.382 e. The van der Waals surface area contributed by atoms with Gasteiger partial charge in [0.25, 0.3) is 0 Å². The molecule has 0 saturated heterocycles. The summed E-state index contributed by atoms with van der Waals surface area (Å²) in [6.07, 6.45) is 0.409. The Hall–Kier alpha value is -0.510. The number of rotatable bonds is 7. The van der Waals surface area contributed by atoms with Crippen molar-refractivity contribution >= 4 is 11.8 Å². The van der Waals surface area contributed by atoms with E-state index in [-0.39, 0.29) is 12.2 Å². The molecule has 0 heterocycles. The van der Waals surface area contributed by atoms with Crippen LogP contribution in [-0.4, -0.2) is 31.7 Å². The molecule has 0 radical (unpaired) electrons. The van der Waals surface area contributed by atoms with Crippen molar-refractivity contribution in [2.45, 2.75) is 31.0 Å². The molecule has 0 aromatic heterocycles. The summed E-state index contributed by atoms with van der Waals surface area (Å²) in [5.41, 5.74) is 0. The molecule has 1 aromatic rings. The van der Waals surface area contributed by atoms with E-state index in [1.807, 2.05) is 6.07 Å². The third kappa shape index (κ3) is 5.54. The van der Waals surface area contributed by atoms with E-state index in [4.69, 9.17) is 9.47 Å². The first kappa shape index (κ1) is 13.6. The number of thioether (sulfide) groups is 1. The number of hydrogen-bond acceptors (Lipinski definition) is 3. The van der Waals surface area contributed by atoms with E-state index >= 15 is 0 Å². The fraction of sp³-hybridized carbons (Fsp3) is 0.538. The van der Waals surface area contributed by atoms with E-state index in [9.17, 15) is 0 Å². The maximum absolute atomic E-state index is 5.77. The van der Waals surface area contributed by atoms with Crippen LogP contribution in [0.15, 0.2) is 35.2 Å². The zero-order chi connectivity index (χ0) is 11.8. The summed E-state index contributed by atoms with van der Waals surface area (Å²) in [5.74, 6) is 0.927. The smallest absolute Gasteiger partial charge is 0.0905 e. The molecular weight excluding hydrogens is 220 g/mol. The monoisotopic (exact) mass is 240 g/mol. The van der Waals surface area contributed by atoms with Gasteiger partial charge in [-0.25, -0.2) is 0 Å². The Labute approximate surface area is 102 Å². The molecule has 0 spiro atoms. The van der Waals surface area contributed by atoms with Gasteiger partial charge in [0, 0.05) is 17.8 Å². The van der Waals surface area contributed by atoms with E-state index in [0.29, 0.717) is 6.61 Å². The Morgan fingerprint density at radius 2 is 1.88 bits per heavy atom. The average molecular weight is 240 g/mol. The van der Waals surface area contributed by atoms with Crippen molar-refractivity contribution in [3.8, 4) is 0 Å². The Bertz CT molecular complexity index is 275. The second-order valence-corrected chi connectivity index (χ2v) is 4.98. The van der Waals surface area contributed by atoms with Crippen LogP contribution in [0.2, 0.25) is 0 Å². The van der Waals surface area contributed by atoms with Gasteiger partial charge in [-0.15, -0.1) is 11.8 Å². The van der Waals surface area contributed by atoms with Crippen LogP contribution in [0.5, 0.6) is 0 Å². The van der Waals surface area contributed by atoms with Gasteiger partial charge in [0.05, 0.1) is 18.8 Å². The molecule has 0 aliphatic carbocycles. The van der Waals surface area contributed by atoms with E-state index in [1.54, 1.807) is 18.9 Å². The lowest BCUT2D eigenvalue weighted by Gasteiger charge is -2.19. The maximum Gasteiger partial charge on any atom is 0.0905 e. The second kappa shape index (κ2) is 7.71. The van der Waals surface area contributed by atoms with Gasteiger partial charge in [-0.2, -0.15) is 0 Å². The maximum atomic E-state index is 5.77. The van der Waals surface area contributed by atoms with Crippen LogP contribution in [0.25, 0.3) is 0 Å². The molecule has 16 heavy (non-hydrogen) atoms. The predicted molar refractivity (Wildman–Crippen MR) is 69.1 cm³/mol. The molecule has 90 valence electrons. The fourth-order valence-electron chi connectivity index (χ4n) is 1.40. The van der Waals surface area contributed by atoms with Gasteiger partial charge in [-0.1, -0.05) is 18.2 Å². The van der Waals surface area contributed by atoms with Gasteiger partial charge in [0.15, 0.2) is 0 Å². The highest BCUT2D eigenvalue weighted by Crippen LogP contribution is 2.19. The first-order chi connectivity index (χ1) is 7.72. The van der Waals surface area contributed by atoms with E-state index in [1.165, 1.54) is 4.90 Å². The molecular formula is C13H20O2S. The topological polar surface area (TPSA) is 18.5 Å². The Morgan fingerprint density at radius 1 is 1.19 bits per heavy atom. The molecule has 0 aliphatic heterocycles. The van der Waals surface area contributed by atoms with Gasteiger partial charge in [-0.3, -0.25) is 0 Å². The third-order valence-corrected chi connectivity index (χ3v) is 3.14. The number of hydrogen-bond donors (Lipinski definition) is 0. The number of benzene rings is 1. The van der Waals surface area contributed by atoms with Gasteiger partial charge >= 0.3 is 0 Å². The molecule has 1 aromatic carbocycles. The van der Waals surface area contributed by atoms with Crippen molar-refractivity contribution in [1.82, 2.24) is 0 Å². The first-order valence-electron chi connectivity index (χ1n) is 5.54. The molecule has 2 nitrogen and oxygen atoms in total. The van der Waals surface area contributed by atoms with Gasteiger partial charge in [0.1, 0.15) is 0 Å². The van der Waals surface area contributed by atoms with Crippen LogP contribution >= 0.6 is 11.8 Å². The van der Waals surface area contributed by atoms with Crippen molar-refractivity contribution in [3.63, 3.8) is 0 Å². The van der Waals surface area contributed by atoms with Gasteiger partial charge < -0.3 is 9.47 Å². The average Bonchev–Trinajstić information content (AvgIpc) is 2.27. The fourth-order valence-corrected chi connectivity index (χ4v) is 2.31. The SMILES string of the molecule is COCC(CSc1ccccc1)OC(C)C. The van der Waals surface area contributed by atoms with E-state index in [0.717, 1.165) is 5.75 Å². The molecule has 0 bridgehead atoms. The van der Waals surface area contributed by atoms with Gasteiger partial charge in [0.2, 0.25) is 0 Å². The first-order valence-corrected chi connectivity index (χ1v) is 6.53. The minimum atomic E-state index is 0.162. The molecule has 1 unspecified atom stereocenters. The van der Waals surface area contributed by atoms with Crippen LogP contribution < -0.4 is 0 Å². The summed E-state index contributed by atoms with van der Waals surface area (Å²) >= 11 is 1.81. The quantitative estimate of drug-likeness (QED) is 0.682. The normalized spacial score (nSPS) is 13.0. The van der Waals surface area contributed by atoms with Crippen molar-refractivity contribution in [2.24, 2.45) is 0 Å². The Morgan fingerprint density at radius 3 is 2.44 bits per heavy atom. The molecule has 0 amide bonds. The lowest BCUT2D eigenvalue weighted by Crippen LogP contribution is -2.25. The second-order valence-electron chi connectivity index (χ2n) is 3.89. The highest BCUT2D eigenvalue weighted by atomic mass is 32.2. The minimum absolute atomic E-state index is 0.162. The summed E-state index contributed by atoms with van der Waals surface area (Å²) < 4.78 is 10.9. The standard InChI is InChI=1S/C13H20O2S/c1-11(2)15-12(9-14-3)10-16-13-7-5-4-6-8-13/h4-8,11-12H,9-10H2,1-3H3. The number of ether oxygens (including phenoxy) is 2. The van der Waals surface area contributed by atoms with Crippen molar-refractivity contribution in [3.05, 3.63) is 30.3 Å². The molecule has 1 atom stereocenters. The summed E-state index contributed by atoms with van der Waals surface area (Å²) in [7, 11) is 1.71. The van der Waals surface area contributed by atoms with Gasteiger partial charge in [-0.05, 0) is 26.0 Å². The molecule has 0 N–H and O–H groups in total. The largest absolute Gasteiger partial charge is 0.382 e. The van der Waals surface area contributed by atoms with Crippen LogP contribution in [0, 0.1) is 0 Å². The zero-order valence-electron chi connectivity index (χ0n) is 10.2. The number of methoxy groups -OCH3 is 1. The molecule has 0 fully saturated rings. The summed E-state index contributed by atoms with van der Waals surface area (Å²) in [4.78, 5) is 1.27. The highest BCUT2D eigenvalue weighted by molar-refractivity contribution is 7.99. The lowest BCUT2D eigenvalue weighted by molar-refractivity contribution is -0.0207. The Kier molecular flexibility index (Phi) is 6.53. The Balaban J connectivity index is 2.37. The molecule has 1 rings (SSSR count). The van der Waals surface area contributed by atoms with Crippen LogP contribution in [-0.2, 0) is 9.47 Å². The van der Waals surface area contributed by atoms with Crippen molar-refractivity contribution < 1.29 is 9.47 Å².